The minimum Gasteiger partial charge on any atom is -0.309 e. The van der Waals surface area contributed by atoms with Gasteiger partial charge in [-0.15, -0.1) is 0 Å². The van der Waals surface area contributed by atoms with Gasteiger partial charge in [0.25, 0.3) is 0 Å². The van der Waals surface area contributed by atoms with E-state index in [-0.39, 0.29) is 0 Å². The van der Waals surface area contributed by atoms with Gasteiger partial charge in [0, 0.05) is 39.6 Å². The zero-order valence-corrected chi connectivity index (χ0v) is 26.9. The van der Waals surface area contributed by atoms with Crippen LogP contribution in [-0.4, -0.2) is 4.57 Å². The Labute approximate surface area is 285 Å². The molecule has 0 amide bonds. The second kappa shape index (κ2) is 11.1. The van der Waals surface area contributed by atoms with Crippen LogP contribution in [0, 0.1) is 0 Å². The third-order valence-electron chi connectivity index (χ3n) is 10.2. The molecule has 0 bridgehead atoms. The summed E-state index contributed by atoms with van der Waals surface area (Å²) in [5.74, 6) is 0. The second-order valence-electron chi connectivity index (χ2n) is 13.0. The van der Waals surface area contributed by atoms with Crippen molar-refractivity contribution in [3.8, 4) is 27.9 Å². The summed E-state index contributed by atoms with van der Waals surface area (Å²) >= 11 is 0. The normalized spacial score (nSPS) is 12.4. The van der Waals surface area contributed by atoms with Crippen molar-refractivity contribution in [2.45, 2.75) is 6.42 Å². The smallest absolute Gasteiger partial charge is 0.0541 e. The molecular weight excluding hydrogens is 593 g/mol. The van der Waals surface area contributed by atoms with Crippen LogP contribution in [0.4, 0.5) is 17.1 Å². The molecule has 0 N–H and O–H groups in total. The van der Waals surface area contributed by atoms with Crippen LogP contribution in [0.1, 0.15) is 11.1 Å². The van der Waals surface area contributed by atoms with Gasteiger partial charge in [0.1, 0.15) is 0 Å². The van der Waals surface area contributed by atoms with Gasteiger partial charge in [0.05, 0.1) is 16.7 Å². The van der Waals surface area contributed by atoms with Crippen molar-refractivity contribution in [3.05, 3.63) is 193 Å². The summed E-state index contributed by atoms with van der Waals surface area (Å²) in [4.78, 5) is 2.47. The van der Waals surface area contributed by atoms with E-state index in [0.29, 0.717) is 0 Å². The second-order valence-corrected chi connectivity index (χ2v) is 13.0. The van der Waals surface area contributed by atoms with E-state index < -0.39 is 0 Å². The summed E-state index contributed by atoms with van der Waals surface area (Å²) in [5.41, 5.74) is 14.9. The minimum absolute atomic E-state index is 0.875. The Hall–Kier alpha value is -6.38. The van der Waals surface area contributed by atoms with Gasteiger partial charge >= 0.3 is 0 Å². The van der Waals surface area contributed by atoms with Crippen LogP contribution in [-0.2, 0) is 6.42 Å². The molecule has 0 atom stereocenters. The van der Waals surface area contributed by atoms with Gasteiger partial charge in [-0.1, -0.05) is 127 Å². The zero-order chi connectivity index (χ0) is 32.3. The van der Waals surface area contributed by atoms with Gasteiger partial charge in [-0.25, -0.2) is 0 Å². The molecule has 0 aliphatic carbocycles. The topological polar surface area (TPSA) is 8.17 Å². The van der Waals surface area contributed by atoms with Crippen molar-refractivity contribution in [3.63, 3.8) is 0 Å². The van der Waals surface area contributed by atoms with Crippen LogP contribution in [0.2, 0.25) is 0 Å². The first-order valence-electron chi connectivity index (χ1n) is 17.0. The van der Waals surface area contributed by atoms with Crippen molar-refractivity contribution in [2.24, 2.45) is 0 Å². The third-order valence-corrected chi connectivity index (χ3v) is 10.2. The Balaban J connectivity index is 1.09. The molecule has 9 aromatic rings. The molecule has 230 valence electrons. The molecule has 0 radical (unpaired) electrons. The van der Waals surface area contributed by atoms with E-state index >= 15 is 0 Å². The Kier molecular flexibility index (Phi) is 6.28. The standard InChI is InChI=1S/C47H32N2/c1-2-11-32(12-3-1)35-23-27-43-37(29-35)31-38-30-36(24-28-44(38)49(43)45-20-10-14-34-13-4-5-15-40(34)45)33-21-25-39(26-22-33)48-46-18-8-6-16-41(46)42-17-7-9-19-47(42)48/h1-30H,31H2. The Morgan fingerprint density at radius 1 is 0.347 bits per heavy atom. The van der Waals surface area contributed by atoms with Gasteiger partial charge in [-0.2, -0.15) is 0 Å². The van der Waals surface area contributed by atoms with Crippen LogP contribution >= 0.6 is 0 Å². The van der Waals surface area contributed by atoms with E-state index in [4.69, 9.17) is 0 Å². The highest BCUT2D eigenvalue weighted by atomic mass is 15.2. The van der Waals surface area contributed by atoms with E-state index in [1.807, 2.05) is 0 Å². The van der Waals surface area contributed by atoms with Gasteiger partial charge < -0.3 is 9.47 Å². The quantitative estimate of drug-likeness (QED) is 0.189. The van der Waals surface area contributed by atoms with Crippen molar-refractivity contribution in [2.75, 3.05) is 4.90 Å². The fourth-order valence-electron chi connectivity index (χ4n) is 7.88. The molecule has 0 unspecified atom stereocenters. The number of rotatable bonds is 4. The molecule has 8 aromatic carbocycles. The minimum atomic E-state index is 0.875. The average molecular weight is 625 g/mol. The molecule has 2 nitrogen and oxygen atoms in total. The number of fused-ring (bicyclic) bond motifs is 6. The number of para-hydroxylation sites is 2. The summed E-state index contributed by atoms with van der Waals surface area (Å²) in [6, 6.07) is 66.5. The summed E-state index contributed by atoms with van der Waals surface area (Å²) in [6.45, 7) is 0. The predicted molar refractivity (Wildman–Crippen MR) is 207 cm³/mol. The van der Waals surface area contributed by atoms with Crippen LogP contribution in [0.25, 0.3) is 60.5 Å². The van der Waals surface area contributed by atoms with Crippen molar-refractivity contribution < 1.29 is 0 Å². The maximum Gasteiger partial charge on any atom is 0.0541 e. The van der Waals surface area contributed by atoms with E-state index in [9.17, 15) is 0 Å². The first-order chi connectivity index (χ1) is 24.3. The number of aromatic nitrogens is 1. The monoisotopic (exact) mass is 624 g/mol. The molecule has 2 heteroatoms. The van der Waals surface area contributed by atoms with Crippen LogP contribution < -0.4 is 4.90 Å². The fourth-order valence-corrected chi connectivity index (χ4v) is 7.88. The van der Waals surface area contributed by atoms with E-state index in [1.54, 1.807) is 0 Å². The van der Waals surface area contributed by atoms with Gasteiger partial charge in [-0.05, 0) is 93.4 Å². The molecule has 1 aliphatic rings. The average Bonchev–Trinajstić information content (AvgIpc) is 3.51. The summed E-state index contributed by atoms with van der Waals surface area (Å²) < 4.78 is 2.38. The Bertz CT molecular complexity index is 2620. The van der Waals surface area contributed by atoms with Crippen LogP contribution in [0.15, 0.2) is 182 Å². The number of hydrogen-bond acceptors (Lipinski definition) is 1. The number of nitrogens with zero attached hydrogens (tertiary/aromatic N) is 2. The predicted octanol–water partition coefficient (Wildman–Crippen LogP) is 12.6. The summed E-state index contributed by atoms with van der Waals surface area (Å²) in [7, 11) is 0. The van der Waals surface area contributed by atoms with E-state index in [1.165, 1.54) is 88.7 Å². The molecule has 1 aliphatic heterocycles. The molecule has 1 aromatic heterocycles. The van der Waals surface area contributed by atoms with Crippen LogP contribution in [0.5, 0.6) is 0 Å². The maximum absolute atomic E-state index is 2.47. The SMILES string of the molecule is c1ccc(-c2ccc3c(c2)Cc2cc(-c4ccc(-n5c6ccccc6c6ccccc65)cc4)ccc2N3c2cccc3ccccc23)cc1. The summed E-state index contributed by atoms with van der Waals surface area (Å²) in [6.07, 6.45) is 0.875. The lowest BCUT2D eigenvalue weighted by Crippen LogP contribution is -2.19. The largest absolute Gasteiger partial charge is 0.309 e. The number of hydrogen-bond donors (Lipinski definition) is 0. The lowest BCUT2D eigenvalue weighted by Gasteiger charge is -2.35. The van der Waals surface area contributed by atoms with Gasteiger partial charge in [0.2, 0.25) is 0 Å². The Morgan fingerprint density at radius 2 is 0.857 bits per heavy atom. The maximum atomic E-state index is 2.47. The molecule has 2 heterocycles. The number of anilines is 3. The van der Waals surface area contributed by atoms with Crippen molar-refractivity contribution >= 4 is 49.6 Å². The van der Waals surface area contributed by atoms with Crippen LogP contribution in [0.3, 0.4) is 0 Å². The summed E-state index contributed by atoms with van der Waals surface area (Å²) in [5, 5.41) is 5.06. The first-order valence-corrected chi connectivity index (χ1v) is 17.0. The molecule has 10 rings (SSSR count). The van der Waals surface area contributed by atoms with E-state index in [2.05, 4.69) is 191 Å². The highest BCUT2D eigenvalue weighted by Gasteiger charge is 2.26. The van der Waals surface area contributed by atoms with Gasteiger partial charge in [-0.3, -0.25) is 0 Å². The molecule has 0 saturated heterocycles. The first kappa shape index (κ1) is 27.7. The lowest BCUT2D eigenvalue weighted by molar-refractivity contribution is 1.09. The molecule has 0 saturated carbocycles. The van der Waals surface area contributed by atoms with Gasteiger partial charge in [0.15, 0.2) is 0 Å². The fraction of sp³-hybridized carbons (Fsp3) is 0.0213. The molecule has 49 heavy (non-hydrogen) atoms. The Morgan fingerprint density at radius 3 is 1.51 bits per heavy atom. The van der Waals surface area contributed by atoms with E-state index in [0.717, 1.165) is 6.42 Å². The molecule has 0 fully saturated rings. The molecule has 0 spiro atoms. The third kappa shape index (κ3) is 4.49. The number of benzene rings is 8. The van der Waals surface area contributed by atoms with Crippen molar-refractivity contribution in [1.82, 2.24) is 4.57 Å². The van der Waals surface area contributed by atoms with Crippen molar-refractivity contribution in [1.29, 1.82) is 0 Å². The molecular formula is C47H32N2. The highest BCUT2D eigenvalue weighted by Crippen LogP contribution is 2.47. The lowest BCUT2D eigenvalue weighted by atomic mass is 9.89. The highest BCUT2D eigenvalue weighted by molar-refractivity contribution is 6.09. The zero-order valence-electron chi connectivity index (χ0n) is 26.9.